The van der Waals surface area contributed by atoms with E-state index in [0.29, 0.717) is 6.61 Å². The van der Waals surface area contributed by atoms with E-state index in [9.17, 15) is 0 Å². The quantitative estimate of drug-likeness (QED) is 0.623. The van der Waals surface area contributed by atoms with Gasteiger partial charge >= 0.3 is 0 Å². The molecular weight excluding hydrogens is 248 g/mol. The third kappa shape index (κ3) is 8.13. The van der Waals surface area contributed by atoms with Gasteiger partial charge < -0.3 is 9.47 Å². The third-order valence-electron chi connectivity index (χ3n) is 2.83. The van der Waals surface area contributed by atoms with E-state index in [-0.39, 0.29) is 18.3 Å². The van der Waals surface area contributed by atoms with Gasteiger partial charge in [0.1, 0.15) is 0 Å². The summed E-state index contributed by atoms with van der Waals surface area (Å²) >= 11 is 0. The van der Waals surface area contributed by atoms with Gasteiger partial charge in [0.2, 0.25) is 0 Å². The van der Waals surface area contributed by atoms with Crippen LogP contribution in [-0.4, -0.2) is 24.9 Å². The summed E-state index contributed by atoms with van der Waals surface area (Å²) in [5, 5.41) is 0. The van der Waals surface area contributed by atoms with Crippen LogP contribution in [-0.2, 0) is 15.9 Å². The van der Waals surface area contributed by atoms with E-state index in [1.165, 1.54) is 5.56 Å². The molecule has 1 rings (SSSR count). The summed E-state index contributed by atoms with van der Waals surface area (Å²) in [6, 6.07) is 10.5. The molecule has 1 atom stereocenters. The predicted octanol–water partition coefficient (Wildman–Crippen LogP) is 4.39. The topological polar surface area (TPSA) is 18.5 Å². The summed E-state index contributed by atoms with van der Waals surface area (Å²) in [6.07, 6.45) is 6.93. The van der Waals surface area contributed by atoms with Gasteiger partial charge in [0.25, 0.3) is 0 Å². The Morgan fingerprint density at radius 2 is 1.70 bits per heavy atom. The molecule has 1 aromatic rings. The highest BCUT2D eigenvalue weighted by Crippen LogP contribution is 2.06. The Morgan fingerprint density at radius 1 is 1.00 bits per heavy atom. The lowest BCUT2D eigenvalue weighted by Gasteiger charge is -2.18. The van der Waals surface area contributed by atoms with Gasteiger partial charge in [0.05, 0.1) is 24.9 Å². The van der Waals surface area contributed by atoms with Crippen LogP contribution in [0.3, 0.4) is 0 Å². The molecule has 0 heterocycles. The molecule has 0 aliphatic heterocycles. The lowest BCUT2D eigenvalue weighted by Crippen LogP contribution is -2.23. The first-order valence-electron chi connectivity index (χ1n) is 7.55. The second kappa shape index (κ2) is 9.73. The highest BCUT2D eigenvalue weighted by Gasteiger charge is 2.08. The van der Waals surface area contributed by atoms with Crippen LogP contribution in [0.15, 0.2) is 42.5 Å². The number of aryl methyl sites for hydroxylation is 1. The molecule has 20 heavy (non-hydrogen) atoms. The zero-order valence-electron chi connectivity index (χ0n) is 13.2. The van der Waals surface area contributed by atoms with Crippen molar-refractivity contribution in [3.63, 3.8) is 0 Å². The monoisotopic (exact) mass is 276 g/mol. The maximum absolute atomic E-state index is 5.84. The van der Waals surface area contributed by atoms with Crippen molar-refractivity contribution in [1.29, 1.82) is 0 Å². The van der Waals surface area contributed by atoms with E-state index in [1.807, 2.05) is 13.8 Å². The average molecular weight is 276 g/mol. The van der Waals surface area contributed by atoms with Gasteiger partial charge in [0, 0.05) is 0 Å². The Bertz CT molecular complexity index is 368. The molecule has 0 spiro atoms. The van der Waals surface area contributed by atoms with E-state index in [4.69, 9.17) is 9.47 Å². The van der Waals surface area contributed by atoms with Gasteiger partial charge in [-0.2, -0.15) is 0 Å². The number of hydrogen-bond donors (Lipinski definition) is 0. The van der Waals surface area contributed by atoms with Crippen molar-refractivity contribution in [1.82, 2.24) is 0 Å². The van der Waals surface area contributed by atoms with Crippen molar-refractivity contribution < 1.29 is 9.47 Å². The Balaban J connectivity index is 2.36. The number of rotatable bonds is 9. The Kier molecular flexibility index (Phi) is 8.24. The zero-order valence-corrected chi connectivity index (χ0v) is 13.2. The minimum Gasteiger partial charge on any atom is -0.376 e. The minimum absolute atomic E-state index is 0.0492. The molecule has 0 saturated carbocycles. The summed E-state index contributed by atoms with van der Waals surface area (Å²) in [5.41, 5.74) is 1.37. The van der Waals surface area contributed by atoms with Gasteiger partial charge in [-0.25, -0.2) is 0 Å². The van der Waals surface area contributed by atoms with Crippen LogP contribution in [0.1, 0.15) is 39.7 Å². The van der Waals surface area contributed by atoms with Crippen LogP contribution >= 0.6 is 0 Å². The molecule has 0 aliphatic carbocycles. The highest BCUT2D eigenvalue weighted by molar-refractivity contribution is 5.15. The van der Waals surface area contributed by atoms with Crippen molar-refractivity contribution in [3.8, 4) is 0 Å². The first-order chi connectivity index (χ1) is 9.58. The molecule has 0 radical (unpaired) electrons. The summed E-state index contributed by atoms with van der Waals surface area (Å²) in [7, 11) is 0. The zero-order chi connectivity index (χ0) is 14.8. The van der Waals surface area contributed by atoms with Gasteiger partial charge in [0.15, 0.2) is 0 Å². The Hall–Kier alpha value is -1.12. The van der Waals surface area contributed by atoms with Crippen LogP contribution in [0.25, 0.3) is 0 Å². The predicted molar refractivity (Wildman–Crippen MR) is 85.0 cm³/mol. The number of hydrogen-bond acceptors (Lipinski definition) is 2. The normalized spacial score (nSPS) is 13.5. The van der Waals surface area contributed by atoms with Crippen molar-refractivity contribution in [2.75, 3.05) is 6.61 Å². The van der Waals surface area contributed by atoms with Gasteiger partial charge in [-0.15, -0.1) is 0 Å². The molecule has 0 N–H and O–H groups in total. The molecule has 0 aliphatic rings. The van der Waals surface area contributed by atoms with E-state index in [0.717, 1.165) is 12.8 Å². The van der Waals surface area contributed by atoms with Crippen molar-refractivity contribution in [2.24, 2.45) is 0 Å². The fourth-order valence-corrected chi connectivity index (χ4v) is 1.92. The molecule has 2 nitrogen and oxygen atoms in total. The number of ether oxygens (including phenoxy) is 2. The van der Waals surface area contributed by atoms with E-state index in [2.05, 4.69) is 56.3 Å². The molecule has 0 bridgehead atoms. The summed E-state index contributed by atoms with van der Waals surface area (Å²) in [6.45, 7) is 8.83. The van der Waals surface area contributed by atoms with E-state index in [1.54, 1.807) is 0 Å². The first-order valence-corrected chi connectivity index (χ1v) is 7.55. The maximum atomic E-state index is 5.84. The Morgan fingerprint density at radius 3 is 2.30 bits per heavy atom. The molecule has 0 saturated heterocycles. The molecule has 0 aromatic heterocycles. The fourth-order valence-electron chi connectivity index (χ4n) is 1.92. The smallest absolute Gasteiger partial charge is 0.0992 e. The third-order valence-corrected chi connectivity index (χ3v) is 2.83. The van der Waals surface area contributed by atoms with E-state index < -0.39 is 0 Å². The van der Waals surface area contributed by atoms with Crippen molar-refractivity contribution in [2.45, 2.75) is 58.8 Å². The summed E-state index contributed by atoms with van der Waals surface area (Å²) in [5.74, 6) is 0. The lowest BCUT2D eigenvalue weighted by atomic mass is 10.1. The highest BCUT2D eigenvalue weighted by atomic mass is 16.5. The van der Waals surface area contributed by atoms with Crippen LogP contribution in [0.2, 0.25) is 0 Å². The van der Waals surface area contributed by atoms with Crippen LogP contribution in [0, 0.1) is 0 Å². The number of allylic oxidation sites excluding steroid dienone is 1. The molecule has 0 amide bonds. The van der Waals surface area contributed by atoms with Crippen LogP contribution < -0.4 is 0 Å². The molecular formula is C18H28O2. The molecule has 2 heteroatoms. The SMILES string of the molecule is CC(C)OC[C@H](/C=C/CCc1ccccc1)OC(C)C. The minimum atomic E-state index is 0.0492. The molecule has 0 unspecified atom stereocenters. The maximum Gasteiger partial charge on any atom is 0.0992 e. The van der Waals surface area contributed by atoms with Crippen molar-refractivity contribution in [3.05, 3.63) is 48.0 Å². The molecule has 1 aromatic carbocycles. The summed E-state index contributed by atoms with van der Waals surface area (Å²) in [4.78, 5) is 0. The second-order valence-corrected chi connectivity index (χ2v) is 5.56. The largest absolute Gasteiger partial charge is 0.376 e. The van der Waals surface area contributed by atoms with Gasteiger partial charge in [-0.1, -0.05) is 42.5 Å². The molecule has 0 fully saturated rings. The van der Waals surface area contributed by atoms with Crippen molar-refractivity contribution >= 4 is 0 Å². The molecule has 112 valence electrons. The first kappa shape index (κ1) is 16.9. The van der Waals surface area contributed by atoms with Gasteiger partial charge in [-0.3, -0.25) is 0 Å². The average Bonchev–Trinajstić information content (AvgIpc) is 2.41. The van der Waals surface area contributed by atoms with Gasteiger partial charge in [-0.05, 0) is 46.1 Å². The summed E-state index contributed by atoms with van der Waals surface area (Å²) < 4.78 is 11.5. The Labute approximate surface area is 123 Å². The standard InChI is InChI=1S/C18H28O2/c1-15(2)19-14-18(20-16(3)4)13-9-8-12-17-10-6-5-7-11-17/h5-7,9-11,13,15-16,18H,8,12,14H2,1-4H3/b13-9+/t18-/m0/s1. The van der Waals surface area contributed by atoms with E-state index >= 15 is 0 Å². The van der Waals surface area contributed by atoms with Crippen LogP contribution in [0.4, 0.5) is 0 Å². The van der Waals surface area contributed by atoms with Crippen LogP contribution in [0.5, 0.6) is 0 Å². The lowest BCUT2D eigenvalue weighted by molar-refractivity contribution is -0.0365. The number of benzene rings is 1. The second-order valence-electron chi connectivity index (χ2n) is 5.56. The fraction of sp³-hybridized carbons (Fsp3) is 0.556.